The van der Waals surface area contributed by atoms with Gasteiger partial charge >= 0.3 is 0 Å². The molecule has 0 spiro atoms. The quantitative estimate of drug-likeness (QED) is 0.394. The van der Waals surface area contributed by atoms with Crippen molar-refractivity contribution in [2.75, 3.05) is 17.7 Å². The highest BCUT2D eigenvalue weighted by atomic mass is 16.5. The highest BCUT2D eigenvalue weighted by Gasteiger charge is 2.27. The molecule has 9 nitrogen and oxygen atoms in total. The number of methoxy groups -OCH3 is 1. The van der Waals surface area contributed by atoms with Crippen molar-refractivity contribution in [1.82, 2.24) is 20.2 Å². The fourth-order valence-corrected chi connectivity index (χ4v) is 3.58. The summed E-state index contributed by atoms with van der Waals surface area (Å²) in [4.78, 5) is 27.1. The summed E-state index contributed by atoms with van der Waals surface area (Å²) >= 11 is 0. The first-order chi connectivity index (χ1) is 17.0. The van der Waals surface area contributed by atoms with Crippen LogP contribution in [0.1, 0.15) is 30.2 Å². The predicted molar refractivity (Wildman–Crippen MR) is 133 cm³/mol. The van der Waals surface area contributed by atoms with Crippen LogP contribution in [0.2, 0.25) is 0 Å². The second-order valence-electron chi connectivity index (χ2n) is 8.21. The van der Waals surface area contributed by atoms with Crippen LogP contribution < -0.4 is 15.4 Å². The van der Waals surface area contributed by atoms with E-state index in [4.69, 9.17) is 4.74 Å². The number of hydrogen-bond donors (Lipinski definition) is 2. The molecule has 2 amide bonds. The number of ether oxygens (including phenoxy) is 1. The van der Waals surface area contributed by atoms with Crippen LogP contribution in [-0.4, -0.2) is 39.1 Å². The first-order valence-corrected chi connectivity index (χ1v) is 11.2. The summed E-state index contributed by atoms with van der Waals surface area (Å²) in [5, 5.41) is 18.4. The van der Waals surface area contributed by atoms with Gasteiger partial charge in [0.05, 0.1) is 12.8 Å². The highest BCUT2D eigenvalue weighted by Crippen LogP contribution is 2.24. The Labute approximate surface area is 203 Å². The Bertz CT molecular complexity index is 1300. The zero-order valence-corrected chi connectivity index (χ0v) is 19.7. The molecule has 0 aliphatic heterocycles. The molecule has 0 fully saturated rings. The maximum Gasteiger partial charge on any atom is 0.255 e. The fourth-order valence-electron chi connectivity index (χ4n) is 3.58. The van der Waals surface area contributed by atoms with Gasteiger partial charge in [0.2, 0.25) is 5.82 Å². The maximum atomic E-state index is 13.1. The van der Waals surface area contributed by atoms with Crippen LogP contribution in [0.15, 0.2) is 78.9 Å². The standard InChI is InChI=1S/C26H26N6O3/c1-17(2)23(32-30-24(29-31-32)18-9-5-4-6-10-18)26(34)27-20-15-13-19(14-16-20)25(33)28-21-11-7-8-12-22(21)35-3/h4-17,23H,1-3H3,(H,27,34)(H,28,33). The van der Waals surface area contributed by atoms with Crippen LogP contribution >= 0.6 is 0 Å². The van der Waals surface area contributed by atoms with Gasteiger partial charge in [-0.3, -0.25) is 9.59 Å². The van der Waals surface area contributed by atoms with Crippen molar-refractivity contribution in [3.63, 3.8) is 0 Å². The summed E-state index contributed by atoms with van der Waals surface area (Å²) in [7, 11) is 1.55. The molecule has 0 bridgehead atoms. The molecule has 0 aliphatic rings. The number of tetrazole rings is 1. The van der Waals surface area contributed by atoms with Gasteiger partial charge in [-0.15, -0.1) is 10.2 Å². The number of carbonyl (C=O) groups excluding carboxylic acids is 2. The second-order valence-corrected chi connectivity index (χ2v) is 8.21. The van der Waals surface area contributed by atoms with E-state index in [-0.39, 0.29) is 17.7 Å². The van der Waals surface area contributed by atoms with Crippen LogP contribution in [0.3, 0.4) is 0 Å². The number of rotatable bonds is 8. The lowest BCUT2D eigenvalue weighted by molar-refractivity contribution is -0.121. The number of amides is 2. The molecule has 4 aromatic rings. The van der Waals surface area contributed by atoms with E-state index < -0.39 is 6.04 Å². The SMILES string of the molecule is COc1ccccc1NC(=O)c1ccc(NC(=O)C(C(C)C)n2nnc(-c3ccccc3)n2)cc1. The Kier molecular flexibility index (Phi) is 7.15. The highest BCUT2D eigenvalue weighted by molar-refractivity contribution is 6.05. The molecule has 3 aromatic carbocycles. The third-order valence-corrected chi connectivity index (χ3v) is 5.38. The van der Waals surface area contributed by atoms with Gasteiger partial charge in [0.15, 0.2) is 6.04 Å². The Balaban J connectivity index is 1.45. The maximum absolute atomic E-state index is 13.1. The molecule has 1 unspecified atom stereocenters. The number of nitrogens with one attached hydrogen (secondary N) is 2. The first-order valence-electron chi connectivity index (χ1n) is 11.2. The Morgan fingerprint density at radius 3 is 2.26 bits per heavy atom. The van der Waals surface area contributed by atoms with Crippen molar-refractivity contribution in [1.29, 1.82) is 0 Å². The summed E-state index contributed by atoms with van der Waals surface area (Å²) in [5.74, 6) is 0.380. The molecule has 35 heavy (non-hydrogen) atoms. The molecule has 0 aliphatic carbocycles. The van der Waals surface area contributed by atoms with Gasteiger partial charge in [-0.2, -0.15) is 4.80 Å². The van der Waals surface area contributed by atoms with Crippen molar-refractivity contribution in [2.45, 2.75) is 19.9 Å². The van der Waals surface area contributed by atoms with Crippen LogP contribution in [0.25, 0.3) is 11.4 Å². The van der Waals surface area contributed by atoms with Crippen LogP contribution in [0, 0.1) is 5.92 Å². The van der Waals surface area contributed by atoms with Gasteiger partial charge in [0.25, 0.3) is 11.8 Å². The van der Waals surface area contributed by atoms with Crippen molar-refractivity contribution in [2.24, 2.45) is 5.92 Å². The van der Waals surface area contributed by atoms with E-state index in [0.717, 1.165) is 5.56 Å². The Morgan fingerprint density at radius 1 is 0.886 bits per heavy atom. The summed E-state index contributed by atoms with van der Waals surface area (Å²) in [5.41, 5.74) is 2.40. The normalized spacial score (nSPS) is 11.7. The van der Waals surface area contributed by atoms with Crippen molar-refractivity contribution >= 4 is 23.2 Å². The largest absolute Gasteiger partial charge is 0.495 e. The number of para-hydroxylation sites is 2. The molecule has 178 valence electrons. The molecule has 1 aromatic heterocycles. The van der Waals surface area contributed by atoms with E-state index in [1.807, 2.05) is 56.3 Å². The van der Waals surface area contributed by atoms with Gasteiger partial charge in [-0.05, 0) is 47.5 Å². The molecule has 0 saturated carbocycles. The second kappa shape index (κ2) is 10.6. The summed E-state index contributed by atoms with van der Waals surface area (Å²) < 4.78 is 5.27. The minimum atomic E-state index is -0.659. The predicted octanol–water partition coefficient (Wildman–Crippen LogP) is 4.44. The molecule has 0 saturated heterocycles. The van der Waals surface area contributed by atoms with Gasteiger partial charge < -0.3 is 15.4 Å². The van der Waals surface area contributed by atoms with Crippen molar-refractivity contribution in [3.8, 4) is 17.1 Å². The van der Waals surface area contributed by atoms with Crippen molar-refractivity contribution in [3.05, 3.63) is 84.4 Å². The Hall–Kier alpha value is -4.53. The molecule has 4 rings (SSSR count). The van der Waals surface area contributed by atoms with E-state index in [0.29, 0.717) is 28.5 Å². The smallest absolute Gasteiger partial charge is 0.255 e. The summed E-state index contributed by atoms with van der Waals surface area (Å²) in [6.45, 7) is 3.84. The molecule has 1 heterocycles. The lowest BCUT2D eigenvalue weighted by Gasteiger charge is -2.19. The van der Waals surface area contributed by atoms with E-state index in [2.05, 4.69) is 26.0 Å². The van der Waals surface area contributed by atoms with Crippen LogP contribution in [0.5, 0.6) is 5.75 Å². The number of nitrogens with zero attached hydrogens (tertiary/aromatic N) is 4. The monoisotopic (exact) mass is 470 g/mol. The van der Waals surface area contributed by atoms with Gasteiger partial charge in [-0.1, -0.05) is 56.3 Å². The first kappa shape index (κ1) is 23.6. The molecular formula is C26H26N6O3. The third-order valence-electron chi connectivity index (χ3n) is 5.38. The molecule has 1 atom stereocenters. The van der Waals surface area contributed by atoms with E-state index >= 15 is 0 Å². The number of aromatic nitrogens is 4. The average molecular weight is 471 g/mol. The topological polar surface area (TPSA) is 111 Å². The van der Waals surface area contributed by atoms with Crippen molar-refractivity contribution < 1.29 is 14.3 Å². The Morgan fingerprint density at radius 2 is 1.57 bits per heavy atom. The summed E-state index contributed by atoms with van der Waals surface area (Å²) in [6.07, 6.45) is 0. The molecule has 0 radical (unpaired) electrons. The van der Waals surface area contributed by atoms with Crippen LogP contribution in [0.4, 0.5) is 11.4 Å². The van der Waals surface area contributed by atoms with Crippen LogP contribution in [-0.2, 0) is 4.79 Å². The van der Waals surface area contributed by atoms with E-state index in [9.17, 15) is 9.59 Å². The van der Waals surface area contributed by atoms with E-state index in [1.54, 1.807) is 43.5 Å². The number of benzene rings is 3. The minimum Gasteiger partial charge on any atom is -0.495 e. The van der Waals surface area contributed by atoms with Gasteiger partial charge in [-0.25, -0.2) is 0 Å². The molecular weight excluding hydrogens is 444 g/mol. The number of hydrogen-bond acceptors (Lipinski definition) is 6. The molecule has 9 heteroatoms. The zero-order chi connectivity index (χ0) is 24.8. The molecule has 2 N–H and O–H groups in total. The zero-order valence-electron chi connectivity index (χ0n) is 19.7. The lowest BCUT2D eigenvalue weighted by Crippen LogP contribution is -2.31. The minimum absolute atomic E-state index is 0.0845. The van der Waals surface area contributed by atoms with E-state index in [1.165, 1.54) is 4.80 Å². The number of carbonyl (C=O) groups is 2. The summed E-state index contributed by atoms with van der Waals surface area (Å²) in [6, 6.07) is 22.6. The van der Waals surface area contributed by atoms with Gasteiger partial charge in [0.1, 0.15) is 5.75 Å². The third kappa shape index (κ3) is 5.52. The van der Waals surface area contributed by atoms with Gasteiger partial charge in [0, 0.05) is 16.8 Å². The lowest BCUT2D eigenvalue weighted by atomic mass is 10.0. The number of anilines is 2. The fraction of sp³-hybridized carbons (Fsp3) is 0.192. The average Bonchev–Trinajstić information content (AvgIpc) is 3.34.